The largest absolute Gasteiger partial charge is 4.00 e. The molecule has 0 radical (unpaired) electrons. The Labute approximate surface area is 1500 Å². The Hall–Kier alpha value is 34.2. The molecule has 0 N–H and O–H groups in total. The maximum Gasteiger partial charge on any atom is 4.00 e. The van der Waals surface area contributed by atoms with Crippen LogP contribution in [0.4, 0.5) is 0 Å². The second-order valence-electron chi connectivity index (χ2n) is 0. The Morgan fingerprint density at radius 2 is 0.0159 bits per heavy atom. The molecule has 0 fully saturated rings. The van der Waals surface area contributed by atoms with Crippen molar-refractivity contribution in [3.05, 3.63) is 0 Å². The van der Waals surface area contributed by atoms with Crippen LogP contribution in [0.3, 0.4) is 0 Å². The van der Waals surface area contributed by atoms with Crippen molar-refractivity contribution in [2.24, 2.45) is 0 Å². The zero-order chi connectivity index (χ0) is 0. The van der Waals surface area contributed by atoms with E-state index in [2.05, 4.69) is 0 Å². The Balaban J connectivity index is 0. The van der Waals surface area contributed by atoms with Crippen LogP contribution in [0, 0.1) is 0 Å². The fourth-order valence-electron chi connectivity index (χ4n) is 0. The van der Waals surface area contributed by atoms with Crippen molar-refractivity contribution in [1.82, 2.24) is 0 Å². The molecule has 0 aromatic heterocycles. The summed E-state index contributed by atoms with van der Waals surface area (Å²) in [4.78, 5) is 0. The predicted molar refractivity (Wildman–Crippen MR) is 50.8 cm³/mol. The number of rotatable bonds is 0. The molecule has 0 atom stereocenters. The third-order valence-electron chi connectivity index (χ3n) is 0. The molecular formula is O74Ti52+60. The van der Waals surface area contributed by atoms with Gasteiger partial charge in [-0.1, -0.05) is 0 Å². The van der Waals surface area contributed by atoms with Crippen LogP contribution in [-0.2, 0) is 1530 Å². The van der Waals surface area contributed by atoms with Crippen LogP contribution in [-0.4, -0.2) is 0 Å². The normalized spacial score (nSPS) is 0. The van der Waals surface area contributed by atoms with E-state index in [9.17, 15) is 0 Å². The fraction of sp³-hybridized carbons (Fsp3) is 0. The average molecular weight is 3670 g/mol. The number of hydrogen-bond donors (Lipinski definition) is 0. The van der Waals surface area contributed by atoms with Gasteiger partial charge in [0.15, 0.2) is 0 Å². The molecule has 0 aliphatic rings. The first-order valence-electron chi connectivity index (χ1n) is 0. The molecule has 0 amide bonds. The molecule has 0 heterocycles. The molecule has 126 heteroatoms. The SMILES string of the molecule is [O-2].[O-2].[O-2].[O-2].[O-2].[O-2].[O-2].[O-2].[O-2].[O-2].[O-2].[O-2].[O-2].[O-2].[O-2].[O-2].[O-2].[O-2].[O-2].[O-2].[O-2].[O-2].[O-2].[O-2].[O-2].[O-2].[O-2].[O-2].[O-2].[O-2].[O-2].[O-2].[O-2].[O-2].[O-2].[O-2].[O-2].[O-2].[O-2].[O-2].[O-2].[O-2].[O-2].[O-2].[O-2].[O-2].[O-2].[O-2].[O-2].[O-2].[O-2].[O-2].[O-2].[O-2].[O-2].[O-2].[O-2].[O-2].[O-2].[O-2].[O-2].[O-2].[O-2].[O-2].[O-2].[O-2].[O-2].[O-2].[O-2].[O-2].[O-2].[O-2].[O-2].[O-2].[Ti+4].[Ti+4].[Ti+4].[Ti+4].[Ti+4].[Ti+4].[Ti+4].[Ti+4].[Ti+4].[Ti+4].[Ti+4].[Ti+4].[Ti+4].[Ti+4].[Ti+4].[Ti+4].[Ti+4].[Ti+4].[Ti+4].[Ti+4].[Ti+4].[Ti+4].[Ti+4].[Ti+4].[Ti+4].[Ti+4].[Ti+4].[Ti+4].[Ti+4].[Ti+4].[Ti+4].[Ti+4].[Ti+4].[Ti+4].[Ti+4].[Ti+4].[Ti+4].[Ti+4].[Ti+4].[Ti+4].[Ti+4].[Ti+4].[Ti+4].[Ti+4].[Ti+4].[Ti+4].[Ti+4].[Ti+4].[Ti+4].[Ti+4].[Ti+4].[Ti+4]. The zero-order valence-electron chi connectivity index (χ0n) is 56.2. The van der Waals surface area contributed by atoms with Gasteiger partial charge in [-0.3, -0.25) is 0 Å². The van der Waals surface area contributed by atoms with Gasteiger partial charge in [0.2, 0.25) is 0 Å². The van der Waals surface area contributed by atoms with Crippen LogP contribution in [0.25, 0.3) is 0 Å². The van der Waals surface area contributed by atoms with Crippen LogP contribution in [0.15, 0.2) is 0 Å². The van der Waals surface area contributed by atoms with Crippen LogP contribution in [0.2, 0.25) is 0 Å². The third kappa shape index (κ3) is 3340. The van der Waals surface area contributed by atoms with Gasteiger partial charge in [0.1, 0.15) is 0 Å². The van der Waals surface area contributed by atoms with Gasteiger partial charge in [0, 0.05) is 0 Å². The second kappa shape index (κ2) is 3410. The molecule has 0 bridgehead atoms. The molecule has 0 aliphatic heterocycles. The monoisotopic (exact) mass is 3680 g/mol. The van der Waals surface area contributed by atoms with Crippen molar-refractivity contribution >= 4 is 0 Å². The second-order valence-corrected chi connectivity index (χ2v) is 0. The van der Waals surface area contributed by atoms with E-state index in [1.54, 1.807) is 0 Å². The van der Waals surface area contributed by atoms with Gasteiger partial charge in [0.25, 0.3) is 0 Å². The van der Waals surface area contributed by atoms with E-state index >= 15 is 0 Å². The van der Waals surface area contributed by atoms with E-state index in [1.807, 2.05) is 0 Å². The maximum atomic E-state index is 0. The van der Waals surface area contributed by atoms with Gasteiger partial charge in [-0.25, -0.2) is 0 Å². The van der Waals surface area contributed by atoms with Crippen molar-refractivity contribution in [2.45, 2.75) is 0 Å². The van der Waals surface area contributed by atoms with Crippen LogP contribution < -0.4 is 0 Å². The molecule has 0 unspecified atom stereocenters. The van der Waals surface area contributed by atoms with E-state index in [0.29, 0.717) is 0 Å². The van der Waals surface area contributed by atoms with Crippen LogP contribution in [0.5, 0.6) is 0 Å². The van der Waals surface area contributed by atoms with Crippen molar-refractivity contribution in [3.8, 4) is 0 Å². The quantitative estimate of drug-likeness (QED) is 0.204. The topological polar surface area (TPSA) is 2110 Å². The van der Waals surface area contributed by atoms with Crippen molar-refractivity contribution in [3.63, 3.8) is 0 Å². The standard InChI is InChI=1S/74O.52Ti/q74*-2;52*+4. The van der Waals surface area contributed by atoms with Crippen LogP contribution in [0.1, 0.15) is 0 Å². The summed E-state index contributed by atoms with van der Waals surface area (Å²) in [6.45, 7) is 0. The summed E-state index contributed by atoms with van der Waals surface area (Å²) in [6, 6.07) is 0. The molecule has 0 saturated heterocycles. The van der Waals surface area contributed by atoms with Gasteiger partial charge >= 0.3 is 1130 Å². The van der Waals surface area contributed by atoms with E-state index in [0.717, 1.165) is 0 Å². The van der Waals surface area contributed by atoms with Crippen LogP contribution >= 0.6 is 0 Å². The first-order valence-corrected chi connectivity index (χ1v) is 0. The smallest absolute Gasteiger partial charge is 2.00 e. The van der Waals surface area contributed by atoms with E-state index in [4.69, 9.17) is 0 Å². The first-order chi connectivity index (χ1) is 0. The van der Waals surface area contributed by atoms with E-state index in [-0.39, 0.29) is 1530 Å². The minimum absolute atomic E-state index is 0. The summed E-state index contributed by atoms with van der Waals surface area (Å²) in [5, 5.41) is 0. The summed E-state index contributed by atoms with van der Waals surface area (Å²) >= 11 is 0. The molecule has 74 nitrogen and oxygen atoms in total. The molecule has 126 heavy (non-hydrogen) atoms. The summed E-state index contributed by atoms with van der Waals surface area (Å²) in [5.74, 6) is 0. The summed E-state index contributed by atoms with van der Waals surface area (Å²) in [7, 11) is 0. The average Bonchev–Trinajstić information content (AvgIpc) is 0. The third-order valence-corrected chi connectivity index (χ3v) is 0. The Morgan fingerprint density at radius 1 is 0.0159 bits per heavy atom. The van der Waals surface area contributed by atoms with E-state index in [1.165, 1.54) is 0 Å². The Morgan fingerprint density at radius 3 is 0.0159 bits per heavy atom. The maximum absolute atomic E-state index is 0. The Kier molecular flexibility index (Phi) is 94000. The van der Waals surface area contributed by atoms with Crippen molar-refractivity contribution in [2.75, 3.05) is 0 Å². The fourth-order valence-corrected chi connectivity index (χ4v) is 0. The van der Waals surface area contributed by atoms with Gasteiger partial charge in [-0.15, -0.1) is 0 Å². The van der Waals surface area contributed by atoms with Crippen molar-refractivity contribution < 1.29 is 1530 Å². The summed E-state index contributed by atoms with van der Waals surface area (Å²) in [6.07, 6.45) is 0. The van der Waals surface area contributed by atoms with Gasteiger partial charge < -0.3 is 405 Å². The minimum atomic E-state index is 0. The predicted octanol–water partition coefficient (Wildman–Crippen LogP) is -8.92. The summed E-state index contributed by atoms with van der Waals surface area (Å²) < 4.78 is 0. The summed E-state index contributed by atoms with van der Waals surface area (Å²) in [5.41, 5.74) is 0. The molecule has 0 saturated carbocycles. The number of hydrogen-bond acceptors (Lipinski definition) is 0. The molecule has 0 rings (SSSR count). The zero-order valence-corrected chi connectivity index (χ0v) is 137. The van der Waals surface area contributed by atoms with Crippen molar-refractivity contribution in [1.29, 1.82) is 0 Å². The molecule has 592 valence electrons. The van der Waals surface area contributed by atoms with E-state index < -0.39 is 0 Å². The minimum Gasteiger partial charge on any atom is -2.00 e. The van der Waals surface area contributed by atoms with Gasteiger partial charge in [-0.2, -0.15) is 0 Å². The Bertz CT molecular complexity index is 123. The molecule has 0 aromatic rings. The molecule has 0 spiro atoms. The molecular weight excluding hydrogens is 3670 g/mol. The molecule has 0 aliphatic carbocycles. The molecule has 0 aromatic carbocycles. The van der Waals surface area contributed by atoms with Gasteiger partial charge in [0.05, 0.1) is 0 Å². The first kappa shape index (κ1) is 3470. The van der Waals surface area contributed by atoms with Gasteiger partial charge in [-0.05, 0) is 0 Å².